The van der Waals surface area contributed by atoms with Crippen LogP contribution in [-0.4, -0.2) is 93.4 Å². The molecule has 2 heterocycles. The minimum Gasteiger partial charge on any atom is -0.491 e. The second-order valence-corrected chi connectivity index (χ2v) is 10.6. The van der Waals surface area contributed by atoms with Gasteiger partial charge < -0.3 is 9.47 Å². The number of ether oxygens (including phenoxy) is 2. The van der Waals surface area contributed by atoms with Gasteiger partial charge in [0, 0.05) is 45.3 Å². The van der Waals surface area contributed by atoms with E-state index >= 15 is 0 Å². The summed E-state index contributed by atoms with van der Waals surface area (Å²) in [6, 6.07) is 8.28. The molecule has 1 atom stereocenters. The van der Waals surface area contributed by atoms with E-state index in [9.17, 15) is 8.42 Å². The summed E-state index contributed by atoms with van der Waals surface area (Å²) in [6.07, 6.45) is 3.45. The molecule has 0 aromatic heterocycles. The number of morpholine rings is 1. The Morgan fingerprint density at radius 1 is 1.13 bits per heavy atom. The van der Waals surface area contributed by atoms with E-state index in [1.165, 1.54) is 11.8 Å². The van der Waals surface area contributed by atoms with Crippen LogP contribution >= 0.6 is 0 Å². The van der Waals surface area contributed by atoms with Gasteiger partial charge in [-0.2, -0.15) is 4.31 Å². The van der Waals surface area contributed by atoms with E-state index in [-0.39, 0.29) is 12.1 Å². The quantitative estimate of drug-likeness (QED) is 0.587. The minimum absolute atomic E-state index is 0.0401. The summed E-state index contributed by atoms with van der Waals surface area (Å²) in [5.74, 6) is 0.886. The van der Waals surface area contributed by atoms with Crippen LogP contribution in [0.15, 0.2) is 24.3 Å². The Morgan fingerprint density at radius 3 is 2.47 bits per heavy atom. The number of hydrogen-bond donors (Lipinski definition) is 0. The average molecular weight is 440 g/mol. The first-order valence-electron chi connectivity index (χ1n) is 11.1. The minimum atomic E-state index is -3.25. The Labute approximate surface area is 182 Å². The lowest BCUT2D eigenvalue weighted by atomic mass is 10.0. The molecule has 0 bridgehead atoms. The maximum atomic E-state index is 12.5. The van der Waals surface area contributed by atoms with Gasteiger partial charge >= 0.3 is 0 Å². The van der Waals surface area contributed by atoms with Gasteiger partial charge in [0.2, 0.25) is 10.0 Å². The van der Waals surface area contributed by atoms with Crippen molar-refractivity contribution in [1.29, 1.82) is 0 Å². The number of hydrogen-bond acceptors (Lipinski definition) is 6. The average Bonchev–Trinajstić information content (AvgIpc) is 2.69. The van der Waals surface area contributed by atoms with Crippen molar-refractivity contribution in [2.24, 2.45) is 0 Å². The molecule has 0 amide bonds. The lowest BCUT2D eigenvalue weighted by Crippen LogP contribution is -2.52. The van der Waals surface area contributed by atoms with Crippen molar-refractivity contribution in [2.45, 2.75) is 45.4 Å². The van der Waals surface area contributed by atoms with Crippen molar-refractivity contribution < 1.29 is 17.9 Å². The molecule has 7 nitrogen and oxygen atoms in total. The number of nitrogens with zero attached hydrogens (tertiary/aromatic N) is 3. The SMILES string of the molecule is CC(C)Oc1ccc(CN2CCCC(N(CCN3CCOCC3)S(C)(=O)=O)C2)cc1. The van der Waals surface area contributed by atoms with Crippen molar-refractivity contribution in [1.82, 2.24) is 14.1 Å². The van der Waals surface area contributed by atoms with Crippen LogP contribution in [0.5, 0.6) is 5.75 Å². The number of rotatable bonds is 9. The maximum Gasteiger partial charge on any atom is 0.211 e. The zero-order valence-corrected chi connectivity index (χ0v) is 19.4. The molecule has 2 saturated heterocycles. The topological polar surface area (TPSA) is 62.3 Å². The normalized spacial score (nSPS) is 22.0. The van der Waals surface area contributed by atoms with E-state index in [1.807, 2.05) is 26.0 Å². The summed E-state index contributed by atoms with van der Waals surface area (Å²) in [5, 5.41) is 0. The first kappa shape index (κ1) is 23.5. The molecule has 170 valence electrons. The van der Waals surface area contributed by atoms with Crippen molar-refractivity contribution in [3.8, 4) is 5.75 Å². The van der Waals surface area contributed by atoms with Crippen LogP contribution in [-0.2, 0) is 21.3 Å². The van der Waals surface area contributed by atoms with Crippen LogP contribution in [0.4, 0.5) is 0 Å². The van der Waals surface area contributed by atoms with Gasteiger partial charge in [0.1, 0.15) is 5.75 Å². The van der Waals surface area contributed by atoms with Gasteiger partial charge in [-0.25, -0.2) is 8.42 Å². The highest BCUT2D eigenvalue weighted by molar-refractivity contribution is 7.88. The molecule has 0 aliphatic carbocycles. The molecular formula is C22H37N3O4S. The van der Waals surface area contributed by atoms with Crippen LogP contribution < -0.4 is 4.74 Å². The largest absolute Gasteiger partial charge is 0.491 e. The smallest absolute Gasteiger partial charge is 0.211 e. The molecule has 2 fully saturated rings. The Balaban J connectivity index is 1.57. The Hall–Kier alpha value is -1.19. The fraction of sp³-hybridized carbons (Fsp3) is 0.727. The van der Waals surface area contributed by atoms with Gasteiger partial charge in [0.15, 0.2) is 0 Å². The summed E-state index contributed by atoms with van der Waals surface area (Å²) >= 11 is 0. The summed E-state index contributed by atoms with van der Waals surface area (Å²) in [7, 11) is -3.25. The Bertz CT molecular complexity index is 748. The molecule has 0 N–H and O–H groups in total. The van der Waals surface area contributed by atoms with Crippen molar-refractivity contribution >= 4 is 10.0 Å². The van der Waals surface area contributed by atoms with E-state index in [1.54, 1.807) is 4.31 Å². The standard InChI is InChI=1S/C22H37N3O4S/c1-19(2)29-22-8-6-20(7-9-22)17-24-10-4-5-21(18-24)25(30(3,26)27)12-11-23-13-15-28-16-14-23/h6-9,19,21H,4-5,10-18H2,1-3H3. The van der Waals surface area contributed by atoms with E-state index in [2.05, 4.69) is 21.9 Å². The van der Waals surface area contributed by atoms with Crippen molar-refractivity contribution in [3.05, 3.63) is 29.8 Å². The summed E-state index contributed by atoms with van der Waals surface area (Å²) in [4.78, 5) is 4.67. The van der Waals surface area contributed by atoms with Gasteiger partial charge in [-0.3, -0.25) is 9.80 Å². The molecule has 3 rings (SSSR count). The van der Waals surface area contributed by atoms with E-state index in [0.29, 0.717) is 6.54 Å². The second kappa shape index (κ2) is 10.9. The second-order valence-electron chi connectivity index (χ2n) is 8.67. The van der Waals surface area contributed by atoms with Crippen LogP contribution in [0.2, 0.25) is 0 Å². The van der Waals surface area contributed by atoms with Crippen LogP contribution in [0, 0.1) is 0 Å². The third-order valence-corrected chi connectivity index (χ3v) is 7.09. The molecule has 1 aromatic carbocycles. The van der Waals surface area contributed by atoms with Crippen molar-refractivity contribution in [3.63, 3.8) is 0 Å². The number of sulfonamides is 1. The predicted octanol–water partition coefficient (Wildman–Crippen LogP) is 2.03. The molecular weight excluding hydrogens is 402 g/mol. The maximum absolute atomic E-state index is 12.5. The molecule has 0 radical (unpaired) electrons. The van der Waals surface area contributed by atoms with Crippen molar-refractivity contribution in [2.75, 3.05) is 58.7 Å². The molecule has 0 spiro atoms. The third-order valence-electron chi connectivity index (χ3n) is 5.76. The lowest BCUT2D eigenvalue weighted by Gasteiger charge is -2.39. The van der Waals surface area contributed by atoms with Gasteiger partial charge in [-0.15, -0.1) is 0 Å². The summed E-state index contributed by atoms with van der Waals surface area (Å²) < 4.78 is 37.9. The van der Waals surface area contributed by atoms with E-state index in [4.69, 9.17) is 9.47 Å². The summed E-state index contributed by atoms with van der Waals surface area (Å²) in [5.41, 5.74) is 1.23. The fourth-order valence-corrected chi connectivity index (χ4v) is 5.42. The molecule has 0 saturated carbocycles. The van der Waals surface area contributed by atoms with Gasteiger partial charge in [-0.05, 0) is 50.9 Å². The predicted molar refractivity (Wildman–Crippen MR) is 119 cm³/mol. The van der Waals surface area contributed by atoms with E-state index < -0.39 is 10.0 Å². The van der Waals surface area contributed by atoms with Crippen LogP contribution in [0.25, 0.3) is 0 Å². The van der Waals surface area contributed by atoms with Gasteiger partial charge in [0.25, 0.3) is 0 Å². The molecule has 30 heavy (non-hydrogen) atoms. The molecule has 2 aliphatic rings. The first-order valence-corrected chi connectivity index (χ1v) is 12.9. The molecule has 2 aliphatic heterocycles. The molecule has 1 aromatic rings. The number of benzene rings is 1. The van der Waals surface area contributed by atoms with Gasteiger partial charge in [0.05, 0.1) is 25.6 Å². The highest BCUT2D eigenvalue weighted by Crippen LogP contribution is 2.21. The van der Waals surface area contributed by atoms with Crippen LogP contribution in [0.3, 0.4) is 0 Å². The fourth-order valence-electron chi connectivity index (χ4n) is 4.30. The van der Waals surface area contributed by atoms with Gasteiger partial charge in [-0.1, -0.05) is 12.1 Å². The zero-order chi connectivity index (χ0) is 21.6. The number of likely N-dealkylation sites (tertiary alicyclic amines) is 1. The third kappa shape index (κ3) is 7.20. The lowest BCUT2D eigenvalue weighted by molar-refractivity contribution is 0.0337. The highest BCUT2D eigenvalue weighted by atomic mass is 32.2. The van der Waals surface area contributed by atoms with E-state index in [0.717, 1.165) is 71.1 Å². The summed E-state index contributed by atoms with van der Waals surface area (Å²) in [6.45, 7) is 11.2. The monoisotopic (exact) mass is 439 g/mol. The zero-order valence-electron chi connectivity index (χ0n) is 18.6. The number of piperidine rings is 1. The Kier molecular flexibility index (Phi) is 8.53. The Morgan fingerprint density at radius 2 is 1.83 bits per heavy atom. The first-order chi connectivity index (χ1) is 14.3. The van der Waals surface area contributed by atoms with Crippen LogP contribution in [0.1, 0.15) is 32.3 Å². The molecule has 8 heteroatoms. The molecule has 1 unspecified atom stereocenters. The highest BCUT2D eigenvalue weighted by Gasteiger charge is 2.31.